The largest absolute Gasteiger partial charge is 0.490 e. The number of amides is 1. The van der Waals surface area contributed by atoms with E-state index < -0.39 is 0 Å². The molecule has 1 saturated heterocycles. The van der Waals surface area contributed by atoms with Gasteiger partial charge in [0.25, 0.3) is 0 Å². The monoisotopic (exact) mass is 357 g/mol. The van der Waals surface area contributed by atoms with Crippen LogP contribution < -0.4 is 20.1 Å². The number of rotatable bonds is 7. The number of anilines is 1. The first kappa shape index (κ1) is 20.5. The van der Waals surface area contributed by atoms with Gasteiger partial charge < -0.3 is 20.1 Å². The summed E-state index contributed by atoms with van der Waals surface area (Å²) in [5, 5.41) is 6.26. The van der Waals surface area contributed by atoms with E-state index in [-0.39, 0.29) is 18.3 Å². The van der Waals surface area contributed by atoms with Gasteiger partial charge in [-0.1, -0.05) is 0 Å². The van der Waals surface area contributed by atoms with Crippen molar-refractivity contribution in [3.63, 3.8) is 0 Å². The van der Waals surface area contributed by atoms with Crippen molar-refractivity contribution >= 4 is 24.0 Å². The summed E-state index contributed by atoms with van der Waals surface area (Å²) >= 11 is 0. The third-order valence-electron chi connectivity index (χ3n) is 3.81. The van der Waals surface area contributed by atoms with E-state index in [0.29, 0.717) is 37.3 Å². The summed E-state index contributed by atoms with van der Waals surface area (Å²) in [5.41, 5.74) is 0.727. The molecule has 1 atom stereocenters. The predicted octanol–water partition coefficient (Wildman–Crippen LogP) is 2.14. The maximum absolute atomic E-state index is 12.3. The molecule has 1 aliphatic heterocycles. The summed E-state index contributed by atoms with van der Waals surface area (Å²) in [6.45, 7) is 10.3. The molecule has 1 aliphatic rings. The molecule has 2 rings (SSSR count). The number of carbonyl (C=O) groups excluding carboxylic acids is 1. The smallest absolute Gasteiger partial charge is 0.238 e. The van der Waals surface area contributed by atoms with Gasteiger partial charge in [0.2, 0.25) is 5.91 Å². The zero-order chi connectivity index (χ0) is 16.7. The maximum Gasteiger partial charge on any atom is 0.238 e. The second kappa shape index (κ2) is 10.4. The van der Waals surface area contributed by atoms with Gasteiger partial charge in [-0.2, -0.15) is 0 Å². The molecule has 0 aliphatic carbocycles. The van der Waals surface area contributed by atoms with E-state index in [4.69, 9.17) is 9.47 Å². The number of hydrogen-bond donors (Lipinski definition) is 2. The molecule has 0 saturated carbocycles. The molecule has 1 aromatic carbocycles. The van der Waals surface area contributed by atoms with Crippen LogP contribution in [0.3, 0.4) is 0 Å². The number of hydrogen-bond acceptors (Lipinski definition) is 5. The van der Waals surface area contributed by atoms with E-state index in [9.17, 15) is 4.79 Å². The van der Waals surface area contributed by atoms with Gasteiger partial charge >= 0.3 is 0 Å². The Hall–Kier alpha value is -1.50. The average Bonchev–Trinajstić information content (AvgIpc) is 2.52. The predicted molar refractivity (Wildman–Crippen MR) is 98.6 cm³/mol. The van der Waals surface area contributed by atoms with Crippen LogP contribution in [0.15, 0.2) is 18.2 Å². The van der Waals surface area contributed by atoms with E-state index in [1.165, 1.54) is 0 Å². The second-order valence-corrected chi connectivity index (χ2v) is 5.60. The molecule has 0 aromatic heterocycles. The highest BCUT2D eigenvalue weighted by Gasteiger charge is 2.20. The van der Waals surface area contributed by atoms with Crippen LogP contribution in [0.5, 0.6) is 11.5 Å². The average molecular weight is 358 g/mol. The Morgan fingerprint density at radius 2 is 2.00 bits per heavy atom. The molecule has 6 nitrogen and oxygen atoms in total. The molecule has 0 bridgehead atoms. The first-order valence-corrected chi connectivity index (χ1v) is 8.28. The van der Waals surface area contributed by atoms with Gasteiger partial charge in [0.1, 0.15) is 0 Å². The molecule has 2 N–H and O–H groups in total. The van der Waals surface area contributed by atoms with E-state index in [2.05, 4.69) is 22.5 Å². The van der Waals surface area contributed by atoms with Crippen molar-refractivity contribution in [1.29, 1.82) is 0 Å². The molecule has 0 radical (unpaired) electrons. The van der Waals surface area contributed by atoms with E-state index in [0.717, 1.165) is 25.3 Å². The van der Waals surface area contributed by atoms with Crippen LogP contribution in [0.25, 0.3) is 0 Å². The number of ether oxygens (including phenoxy) is 2. The Kier molecular flexibility index (Phi) is 8.89. The summed E-state index contributed by atoms with van der Waals surface area (Å²) in [6.07, 6.45) is 0. The van der Waals surface area contributed by atoms with Gasteiger partial charge in [-0.15, -0.1) is 12.4 Å². The fraction of sp³-hybridized carbons (Fsp3) is 0.588. The molecule has 1 heterocycles. The van der Waals surface area contributed by atoms with Gasteiger partial charge in [0, 0.05) is 37.4 Å². The summed E-state index contributed by atoms with van der Waals surface area (Å²) < 4.78 is 11.1. The minimum absolute atomic E-state index is 0. The molecule has 1 fully saturated rings. The van der Waals surface area contributed by atoms with Gasteiger partial charge in [-0.05, 0) is 32.9 Å². The van der Waals surface area contributed by atoms with Gasteiger partial charge in [0.15, 0.2) is 11.5 Å². The van der Waals surface area contributed by atoms with Crippen molar-refractivity contribution in [3.8, 4) is 11.5 Å². The minimum Gasteiger partial charge on any atom is -0.490 e. The van der Waals surface area contributed by atoms with Crippen molar-refractivity contribution in [2.24, 2.45) is 0 Å². The third kappa shape index (κ3) is 5.85. The van der Waals surface area contributed by atoms with Crippen LogP contribution in [0.2, 0.25) is 0 Å². The van der Waals surface area contributed by atoms with Crippen LogP contribution in [-0.2, 0) is 4.79 Å². The van der Waals surface area contributed by atoms with Crippen molar-refractivity contribution in [2.45, 2.75) is 26.8 Å². The molecular formula is C17H28ClN3O3. The van der Waals surface area contributed by atoms with Crippen LogP contribution in [-0.4, -0.2) is 56.2 Å². The highest BCUT2D eigenvalue weighted by molar-refractivity contribution is 5.92. The normalized spacial score (nSPS) is 17.7. The number of benzene rings is 1. The van der Waals surface area contributed by atoms with Crippen molar-refractivity contribution in [3.05, 3.63) is 18.2 Å². The Balaban J connectivity index is 0.00000288. The lowest BCUT2D eigenvalue weighted by atomic mass is 10.2. The lowest BCUT2D eigenvalue weighted by Crippen LogP contribution is -2.51. The molecule has 0 unspecified atom stereocenters. The van der Waals surface area contributed by atoms with Crippen LogP contribution in [0.4, 0.5) is 5.69 Å². The number of nitrogens with zero attached hydrogens (tertiary/aromatic N) is 1. The first-order valence-electron chi connectivity index (χ1n) is 8.28. The molecule has 136 valence electrons. The Bertz CT molecular complexity index is 528. The minimum atomic E-state index is -0.00893. The van der Waals surface area contributed by atoms with E-state index >= 15 is 0 Å². The van der Waals surface area contributed by atoms with Crippen LogP contribution in [0, 0.1) is 0 Å². The maximum atomic E-state index is 12.3. The van der Waals surface area contributed by atoms with E-state index in [1.807, 2.05) is 32.0 Å². The standard InChI is InChI=1S/C17H27N3O3.ClH/c1-4-22-15-7-6-14(10-16(15)23-5-2)19-17(21)12-20-9-8-18-11-13(20)3;/h6-7,10,13,18H,4-5,8-9,11-12H2,1-3H3,(H,19,21);1H/t13-;/m0./s1. The SMILES string of the molecule is CCOc1ccc(NC(=O)CN2CCNC[C@@H]2C)cc1OCC.Cl. The molecule has 1 aromatic rings. The fourth-order valence-electron chi connectivity index (χ4n) is 2.63. The number of halogens is 1. The Morgan fingerprint density at radius 1 is 1.29 bits per heavy atom. The van der Waals surface area contributed by atoms with Gasteiger partial charge in [-0.25, -0.2) is 0 Å². The fourth-order valence-corrected chi connectivity index (χ4v) is 2.63. The quantitative estimate of drug-likeness (QED) is 0.782. The summed E-state index contributed by atoms with van der Waals surface area (Å²) in [4.78, 5) is 14.4. The highest BCUT2D eigenvalue weighted by atomic mass is 35.5. The molecule has 0 spiro atoms. The molecule has 24 heavy (non-hydrogen) atoms. The first-order chi connectivity index (χ1) is 11.1. The topological polar surface area (TPSA) is 62.8 Å². The van der Waals surface area contributed by atoms with Gasteiger partial charge in [0.05, 0.1) is 19.8 Å². The summed E-state index contributed by atoms with van der Waals surface area (Å²) in [6, 6.07) is 5.85. The van der Waals surface area contributed by atoms with Crippen molar-refractivity contribution < 1.29 is 14.3 Å². The molecular weight excluding hydrogens is 330 g/mol. The summed E-state index contributed by atoms with van der Waals surface area (Å²) in [7, 11) is 0. The Labute approximate surface area is 150 Å². The van der Waals surface area contributed by atoms with Crippen molar-refractivity contribution in [2.75, 3.05) is 44.7 Å². The third-order valence-corrected chi connectivity index (χ3v) is 3.81. The Morgan fingerprint density at radius 3 is 2.67 bits per heavy atom. The lowest BCUT2D eigenvalue weighted by Gasteiger charge is -2.33. The molecule has 7 heteroatoms. The van der Waals surface area contributed by atoms with Crippen LogP contribution >= 0.6 is 12.4 Å². The van der Waals surface area contributed by atoms with Crippen LogP contribution in [0.1, 0.15) is 20.8 Å². The number of piperazine rings is 1. The zero-order valence-electron chi connectivity index (χ0n) is 14.6. The van der Waals surface area contributed by atoms with E-state index in [1.54, 1.807) is 0 Å². The second-order valence-electron chi connectivity index (χ2n) is 5.60. The van der Waals surface area contributed by atoms with Gasteiger partial charge in [-0.3, -0.25) is 9.69 Å². The van der Waals surface area contributed by atoms with Crippen molar-refractivity contribution in [1.82, 2.24) is 10.2 Å². The number of carbonyl (C=O) groups is 1. The highest BCUT2D eigenvalue weighted by Crippen LogP contribution is 2.30. The lowest BCUT2D eigenvalue weighted by molar-refractivity contribution is -0.118. The molecule has 1 amide bonds. The number of nitrogens with one attached hydrogen (secondary N) is 2. The zero-order valence-corrected chi connectivity index (χ0v) is 15.4. The summed E-state index contributed by atoms with van der Waals surface area (Å²) in [5.74, 6) is 1.34.